The lowest BCUT2D eigenvalue weighted by Gasteiger charge is -2.08. The predicted octanol–water partition coefficient (Wildman–Crippen LogP) is 2.94. The number of hydrogen-bond acceptors (Lipinski definition) is 2. The Hall–Kier alpha value is -1.48. The van der Waals surface area contributed by atoms with Crippen LogP contribution in [-0.2, 0) is 7.05 Å². The first-order valence-corrected chi connectivity index (χ1v) is 5.44. The summed E-state index contributed by atoms with van der Waals surface area (Å²) in [6.45, 7) is 4.10. The molecule has 0 aliphatic rings. The molecule has 0 saturated carbocycles. The van der Waals surface area contributed by atoms with Crippen molar-refractivity contribution in [1.29, 1.82) is 0 Å². The molecule has 2 aromatic rings. The number of aromatic nitrogens is 2. The highest BCUT2D eigenvalue weighted by atomic mass is 35.5. The highest BCUT2D eigenvalue weighted by Crippen LogP contribution is 2.32. The number of anilines is 1. The van der Waals surface area contributed by atoms with Gasteiger partial charge >= 0.3 is 0 Å². The maximum atomic E-state index is 6.21. The number of rotatable bonds is 1. The summed E-state index contributed by atoms with van der Waals surface area (Å²) in [5.74, 6) is 0.631. The van der Waals surface area contributed by atoms with E-state index in [2.05, 4.69) is 12.0 Å². The molecule has 0 radical (unpaired) electrons. The number of hydrogen-bond donors (Lipinski definition) is 1. The molecule has 0 spiro atoms. The van der Waals surface area contributed by atoms with Crippen LogP contribution in [0.2, 0.25) is 5.02 Å². The van der Waals surface area contributed by atoms with E-state index in [1.54, 1.807) is 4.68 Å². The molecular weight excluding hydrogens is 222 g/mol. The van der Waals surface area contributed by atoms with Crippen LogP contribution in [-0.4, -0.2) is 9.78 Å². The van der Waals surface area contributed by atoms with Gasteiger partial charge in [-0.3, -0.25) is 4.68 Å². The molecular formula is C12H14ClN3. The van der Waals surface area contributed by atoms with Gasteiger partial charge in [-0.15, -0.1) is 0 Å². The van der Waals surface area contributed by atoms with Gasteiger partial charge in [-0.2, -0.15) is 5.10 Å². The second-order valence-electron chi connectivity index (χ2n) is 3.94. The Balaban J connectivity index is 2.68. The number of halogens is 1. The van der Waals surface area contributed by atoms with Gasteiger partial charge in [-0.1, -0.05) is 17.7 Å². The maximum absolute atomic E-state index is 6.21. The third-order valence-corrected chi connectivity index (χ3v) is 3.17. The van der Waals surface area contributed by atoms with Crippen molar-refractivity contribution in [2.24, 2.45) is 7.05 Å². The molecule has 16 heavy (non-hydrogen) atoms. The summed E-state index contributed by atoms with van der Waals surface area (Å²) >= 11 is 6.21. The second kappa shape index (κ2) is 3.83. The van der Waals surface area contributed by atoms with E-state index in [-0.39, 0.29) is 0 Å². The van der Waals surface area contributed by atoms with Crippen LogP contribution in [0, 0.1) is 13.8 Å². The molecule has 1 heterocycles. The van der Waals surface area contributed by atoms with Gasteiger partial charge in [0.15, 0.2) is 0 Å². The van der Waals surface area contributed by atoms with Crippen molar-refractivity contribution in [2.45, 2.75) is 13.8 Å². The molecule has 1 aromatic carbocycles. The minimum Gasteiger partial charge on any atom is -0.384 e. The summed E-state index contributed by atoms with van der Waals surface area (Å²) in [5, 5.41) is 5.06. The third-order valence-electron chi connectivity index (χ3n) is 2.86. The smallest absolute Gasteiger partial charge is 0.121 e. The Bertz CT molecular complexity index is 524. The molecule has 1 aromatic heterocycles. The van der Waals surface area contributed by atoms with Gasteiger partial charge in [0.1, 0.15) is 5.82 Å². The number of nitrogens with zero attached hydrogens (tertiary/aromatic N) is 2. The first-order valence-electron chi connectivity index (χ1n) is 5.06. The molecule has 0 unspecified atom stereocenters. The number of benzene rings is 1. The first-order chi connectivity index (χ1) is 7.50. The van der Waals surface area contributed by atoms with Gasteiger partial charge in [0.2, 0.25) is 0 Å². The molecule has 0 aliphatic carbocycles. The highest BCUT2D eigenvalue weighted by molar-refractivity contribution is 6.33. The van der Waals surface area contributed by atoms with Crippen LogP contribution in [0.5, 0.6) is 0 Å². The SMILES string of the molecule is Cc1ccc(Cl)c(-c2cc(N)n(C)n2)c1C. The fourth-order valence-corrected chi connectivity index (χ4v) is 2.00. The van der Waals surface area contributed by atoms with Crippen LogP contribution < -0.4 is 5.73 Å². The lowest BCUT2D eigenvalue weighted by atomic mass is 10.0. The Morgan fingerprint density at radius 3 is 2.56 bits per heavy atom. The molecule has 2 rings (SSSR count). The van der Waals surface area contributed by atoms with E-state index in [4.69, 9.17) is 17.3 Å². The van der Waals surface area contributed by atoms with Crippen molar-refractivity contribution in [3.05, 3.63) is 34.3 Å². The molecule has 0 saturated heterocycles. The van der Waals surface area contributed by atoms with Crippen LogP contribution >= 0.6 is 11.6 Å². The largest absolute Gasteiger partial charge is 0.384 e. The molecule has 3 nitrogen and oxygen atoms in total. The molecule has 2 N–H and O–H groups in total. The van der Waals surface area contributed by atoms with Crippen LogP contribution in [0.1, 0.15) is 11.1 Å². The van der Waals surface area contributed by atoms with Crippen molar-refractivity contribution in [3.8, 4) is 11.3 Å². The van der Waals surface area contributed by atoms with Crippen molar-refractivity contribution in [2.75, 3.05) is 5.73 Å². The summed E-state index contributed by atoms with van der Waals surface area (Å²) in [5.41, 5.74) is 9.91. The van der Waals surface area contributed by atoms with E-state index < -0.39 is 0 Å². The zero-order valence-electron chi connectivity index (χ0n) is 9.58. The number of nitrogen functional groups attached to an aromatic ring is 1. The Morgan fingerprint density at radius 1 is 1.31 bits per heavy atom. The van der Waals surface area contributed by atoms with Gasteiger partial charge in [0.25, 0.3) is 0 Å². The van der Waals surface area contributed by atoms with E-state index in [9.17, 15) is 0 Å². The van der Waals surface area contributed by atoms with E-state index in [0.717, 1.165) is 16.8 Å². The fourth-order valence-electron chi connectivity index (χ4n) is 1.70. The fraction of sp³-hybridized carbons (Fsp3) is 0.250. The topological polar surface area (TPSA) is 43.8 Å². The average Bonchev–Trinajstić information content (AvgIpc) is 2.54. The average molecular weight is 236 g/mol. The Kier molecular flexibility index (Phi) is 2.64. The Labute approximate surface area is 99.8 Å². The molecule has 84 valence electrons. The summed E-state index contributed by atoms with van der Waals surface area (Å²) < 4.78 is 1.65. The first kappa shape index (κ1) is 11.0. The maximum Gasteiger partial charge on any atom is 0.121 e. The summed E-state index contributed by atoms with van der Waals surface area (Å²) in [6, 6.07) is 5.74. The van der Waals surface area contributed by atoms with Crippen molar-refractivity contribution >= 4 is 17.4 Å². The summed E-state index contributed by atoms with van der Waals surface area (Å²) in [6.07, 6.45) is 0. The normalized spacial score (nSPS) is 10.8. The van der Waals surface area contributed by atoms with Crippen molar-refractivity contribution < 1.29 is 0 Å². The van der Waals surface area contributed by atoms with Crippen LogP contribution in [0.4, 0.5) is 5.82 Å². The van der Waals surface area contributed by atoms with Gasteiger partial charge in [-0.05, 0) is 31.0 Å². The number of nitrogens with two attached hydrogens (primary N) is 1. The molecule has 4 heteroatoms. The minimum atomic E-state index is 0.631. The van der Waals surface area contributed by atoms with Gasteiger partial charge < -0.3 is 5.73 Å². The molecule has 0 aliphatic heterocycles. The van der Waals surface area contributed by atoms with Gasteiger partial charge in [0.05, 0.1) is 10.7 Å². The zero-order chi connectivity index (χ0) is 11.9. The van der Waals surface area contributed by atoms with Crippen LogP contribution in [0.15, 0.2) is 18.2 Å². The molecule has 0 amide bonds. The predicted molar refractivity (Wildman–Crippen MR) is 67.5 cm³/mol. The van der Waals surface area contributed by atoms with E-state index >= 15 is 0 Å². The lowest BCUT2D eigenvalue weighted by molar-refractivity contribution is 0.782. The van der Waals surface area contributed by atoms with Gasteiger partial charge in [-0.25, -0.2) is 0 Å². The quantitative estimate of drug-likeness (QED) is 0.826. The molecule has 0 fully saturated rings. The number of aryl methyl sites for hydroxylation is 2. The minimum absolute atomic E-state index is 0.631. The van der Waals surface area contributed by atoms with E-state index in [1.165, 1.54) is 5.56 Å². The third kappa shape index (κ3) is 1.67. The second-order valence-corrected chi connectivity index (χ2v) is 4.35. The van der Waals surface area contributed by atoms with Gasteiger partial charge in [0, 0.05) is 18.7 Å². The van der Waals surface area contributed by atoms with E-state index in [0.29, 0.717) is 10.8 Å². The van der Waals surface area contributed by atoms with Crippen LogP contribution in [0.25, 0.3) is 11.3 Å². The molecule has 0 atom stereocenters. The van der Waals surface area contributed by atoms with Crippen molar-refractivity contribution in [3.63, 3.8) is 0 Å². The Morgan fingerprint density at radius 2 is 2.00 bits per heavy atom. The monoisotopic (exact) mass is 235 g/mol. The zero-order valence-corrected chi connectivity index (χ0v) is 10.3. The lowest BCUT2D eigenvalue weighted by Crippen LogP contribution is -1.97. The summed E-state index contributed by atoms with van der Waals surface area (Å²) in [4.78, 5) is 0. The summed E-state index contributed by atoms with van der Waals surface area (Å²) in [7, 11) is 1.82. The van der Waals surface area contributed by atoms with E-state index in [1.807, 2.05) is 32.2 Å². The van der Waals surface area contributed by atoms with Crippen molar-refractivity contribution in [1.82, 2.24) is 9.78 Å². The van der Waals surface area contributed by atoms with Crippen LogP contribution in [0.3, 0.4) is 0 Å². The standard InChI is InChI=1S/C12H14ClN3/c1-7-4-5-9(13)12(8(7)2)10-6-11(14)16(3)15-10/h4-6H,14H2,1-3H3. The highest BCUT2D eigenvalue weighted by Gasteiger charge is 2.12. The molecule has 0 bridgehead atoms.